The monoisotopic (exact) mass is 328 g/mol. The highest BCUT2D eigenvalue weighted by atomic mass is 14.6. The lowest BCUT2D eigenvalue weighted by molar-refractivity contribution is -0.105. The van der Waals surface area contributed by atoms with E-state index in [2.05, 4.69) is 40.9 Å². The van der Waals surface area contributed by atoms with Crippen LogP contribution in [0.15, 0.2) is 24.3 Å². The van der Waals surface area contributed by atoms with Crippen molar-refractivity contribution in [3.05, 3.63) is 24.3 Å². The summed E-state index contributed by atoms with van der Waals surface area (Å²) >= 11 is 0. The Labute approximate surface area is 151 Å². The van der Waals surface area contributed by atoms with Crippen LogP contribution in [0.3, 0.4) is 0 Å². The van der Waals surface area contributed by atoms with Gasteiger partial charge in [-0.25, -0.2) is 0 Å². The zero-order chi connectivity index (χ0) is 17.5. The third-order valence-corrected chi connectivity index (χ3v) is 8.85. The Hall–Kier alpha value is -0.520. The third-order valence-electron chi connectivity index (χ3n) is 8.85. The molecular formula is C24H40. The molecule has 0 spiro atoms. The van der Waals surface area contributed by atoms with Crippen molar-refractivity contribution in [1.82, 2.24) is 0 Å². The maximum absolute atomic E-state index is 4.37. The van der Waals surface area contributed by atoms with Crippen LogP contribution in [0.4, 0.5) is 0 Å². The van der Waals surface area contributed by atoms with Crippen molar-refractivity contribution in [2.24, 2.45) is 34.5 Å². The first kappa shape index (κ1) is 18.3. The predicted octanol–water partition coefficient (Wildman–Crippen LogP) is 7.56. The number of hydrogen-bond donors (Lipinski definition) is 0. The van der Waals surface area contributed by atoms with Crippen LogP contribution >= 0.6 is 0 Å². The molecule has 3 rings (SSSR count). The molecule has 0 aromatic heterocycles. The van der Waals surface area contributed by atoms with Crippen molar-refractivity contribution < 1.29 is 0 Å². The van der Waals surface area contributed by atoms with E-state index in [0.29, 0.717) is 10.8 Å². The zero-order valence-electron chi connectivity index (χ0n) is 16.8. The Kier molecular flexibility index (Phi) is 5.07. The Morgan fingerprint density at radius 2 is 1.79 bits per heavy atom. The van der Waals surface area contributed by atoms with Gasteiger partial charge in [-0.05, 0) is 99.2 Å². The third kappa shape index (κ3) is 3.04. The second-order valence-electron chi connectivity index (χ2n) is 10.2. The first-order chi connectivity index (χ1) is 11.3. The van der Waals surface area contributed by atoms with Gasteiger partial charge in [-0.15, -0.1) is 0 Å². The molecule has 24 heavy (non-hydrogen) atoms. The molecule has 0 heterocycles. The summed E-state index contributed by atoms with van der Waals surface area (Å²) in [4.78, 5) is 0. The molecule has 6 atom stereocenters. The SMILES string of the molecule is C=C1CCC2(C)C3CCCC(C(=C)C)CCC(C)C3CCC2(C)C1. The molecule has 3 saturated carbocycles. The lowest BCUT2D eigenvalue weighted by Gasteiger charge is -2.61. The molecule has 0 saturated heterocycles. The molecule has 0 amide bonds. The van der Waals surface area contributed by atoms with E-state index in [1.165, 1.54) is 75.4 Å². The number of allylic oxidation sites excluding steroid dienone is 2. The van der Waals surface area contributed by atoms with Crippen molar-refractivity contribution in [2.45, 2.75) is 91.9 Å². The second-order valence-corrected chi connectivity index (χ2v) is 10.2. The van der Waals surface area contributed by atoms with Gasteiger partial charge in [0, 0.05) is 0 Å². The van der Waals surface area contributed by atoms with E-state index in [0.717, 1.165) is 23.7 Å². The van der Waals surface area contributed by atoms with Crippen molar-refractivity contribution in [1.29, 1.82) is 0 Å². The maximum atomic E-state index is 4.37. The molecule has 6 unspecified atom stereocenters. The highest BCUT2D eigenvalue weighted by Gasteiger charge is 2.56. The van der Waals surface area contributed by atoms with Gasteiger partial charge in [-0.3, -0.25) is 0 Å². The van der Waals surface area contributed by atoms with E-state index < -0.39 is 0 Å². The standard InChI is InChI=1S/C24H40/c1-17(2)20-8-7-9-22-21(19(4)10-11-20)13-14-23(5)16-18(3)12-15-24(22,23)6/h19-22H,1,3,7-16H2,2,4-6H3. The molecule has 0 nitrogen and oxygen atoms in total. The normalized spacial score (nSPS) is 46.9. The Morgan fingerprint density at radius 3 is 2.50 bits per heavy atom. The summed E-state index contributed by atoms with van der Waals surface area (Å²) < 4.78 is 0. The minimum Gasteiger partial charge on any atom is -0.0999 e. The minimum atomic E-state index is 0.505. The molecule has 3 fully saturated rings. The van der Waals surface area contributed by atoms with E-state index in [1.807, 2.05) is 0 Å². The summed E-state index contributed by atoms with van der Waals surface area (Å²) in [6.07, 6.45) is 13.9. The summed E-state index contributed by atoms with van der Waals surface area (Å²) in [5.74, 6) is 3.56. The van der Waals surface area contributed by atoms with Gasteiger partial charge in [0.15, 0.2) is 0 Å². The van der Waals surface area contributed by atoms with Crippen molar-refractivity contribution in [2.75, 3.05) is 0 Å². The summed E-state index contributed by atoms with van der Waals surface area (Å²) in [6.45, 7) is 18.7. The molecule has 0 bridgehead atoms. The average molecular weight is 329 g/mol. The Balaban J connectivity index is 1.87. The first-order valence-electron chi connectivity index (χ1n) is 10.6. The van der Waals surface area contributed by atoms with Gasteiger partial charge in [0.1, 0.15) is 0 Å². The van der Waals surface area contributed by atoms with Gasteiger partial charge >= 0.3 is 0 Å². The molecule has 3 aliphatic carbocycles. The molecule has 0 aliphatic heterocycles. The van der Waals surface area contributed by atoms with Crippen molar-refractivity contribution >= 4 is 0 Å². The molecular weight excluding hydrogens is 288 g/mol. The van der Waals surface area contributed by atoms with Crippen LogP contribution in [-0.4, -0.2) is 0 Å². The second kappa shape index (κ2) is 6.65. The van der Waals surface area contributed by atoms with Crippen LogP contribution in [0.25, 0.3) is 0 Å². The fourth-order valence-corrected chi connectivity index (χ4v) is 6.86. The van der Waals surface area contributed by atoms with Crippen LogP contribution in [0.5, 0.6) is 0 Å². The van der Waals surface area contributed by atoms with E-state index >= 15 is 0 Å². The smallest absolute Gasteiger partial charge is 0.0209 e. The molecule has 0 aromatic carbocycles. The van der Waals surface area contributed by atoms with Crippen molar-refractivity contribution in [3.63, 3.8) is 0 Å². The number of fused-ring (bicyclic) bond motifs is 3. The number of hydrogen-bond acceptors (Lipinski definition) is 0. The fraction of sp³-hybridized carbons (Fsp3) is 0.833. The predicted molar refractivity (Wildman–Crippen MR) is 106 cm³/mol. The van der Waals surface area contributed by atoms with Gasteiger partial charge in [0.2, 0.25) is 0 Å². The van der Waals surface area contributed by atoms with Gasteiger partial charge in [-0.1, -0.05) is 51.5 Å². The van der Waals surface area contributed by atoms with Gasteiger partial charge in [0.05, 0.1) is 0 Å². The zero-order valence-corrected chi connectivity index (χ0v) is 16.8. The Bertz CT molecular complexity index is 500. The van der Waals surface area contributed by atoms with E-state index in [9.17, 15) is 0 Å². The summed E-state index contributed by atoms with van der Waals surface area (Å²) in [5.41, 5.74) is 3.99. The van der Waals surface area contributed by atoms with Crippen LogP contribution in [-0.2, 0) is 0 Å². The highest BCUT2D eigenvalue weighted by Crippen LogP contribution is 2.65. The largest absolute Gasteiger partial charge is 0.0999 e. The van der Waals surface area contributed by atoms with Crippen LogP contribution < -0.4 is 0 Å². The molecule has 3 aliphatic rings. The minimum absolute atomic E-state index is 0.505. The molecule has 0 N–H and O–H groups in total. The highest BCUT2D eigenvalue weighted by molar-refractivity contribution is 5.15. The fourth-order valence-electron chi connectivity index (χ4n) is 6.86. The maximum Gasteiger partial charge on any atom is -0.0209 e. The van der Waals surface area contributed by atoms with Gasteiger partial charge < -0.3 is 0 Å². The van der Waals surface area contributed by atoms with Crippen LogP contribution in [0.1, 0.15) is 91.9 Å². The summed E-state index contributed by atoms with van der Waals surface area (Å²) in [7, 11) is 0. The molecule has 0 heteroatoms. The summed E-state index contributed by atoms with van der Waals surface area (Å²) in [6, 6.07) is 0. The Morgan fingerprint density at radius 1 is 1.04 bits per heavy atom. The lowest BCUT2D eigenvalue weighted by atomic mass is 9.43. The van der Waals surface area contributed by atoms with Gasteiger partial charge in [0.25, 0.3) is 0 Å². The molecule has 0 radical (unpaired) electrons. The molecule has 136 valence electrons. The quantitative estimate of drug-likeness (QED) is 0.436. The van der Waals surface area contributed by atoms with E-state index in [-0.39, 0.29) is 0 Å². The van der Waals surface area contributed by atoms with E-state index in [4.69, 9.17) is 0 Å². The average Bonchev–Trinajstić information content (AvgIpc) is 2.59. The summed E-state index contributed by atoms with van der Waals surface area (Å²) in [5, 5.41) is 0. The molecule has 0 aromatic rings. The van der Waals surface area contributed by atoms with E-state index in [1.54, 1.807) is 0 Å². The lowest BCUT2D eigenvalue weighted by Crippen LogP contribution is -2.53. The van der Waals surface area contributed by atoms with Crippen molar-refractivity contribution in [3.8, 4) is 0 Å². The van der Waals surface area contributed by atoms with Crippen LogP contribution in [0, 0.1) is 34.5 Å². The first-order valence-corrected chi connectivity index (χ1v) is 10.6. The number of rotatable bonds is 1. The van der Waals surface area contributed by atoms with Crippen LogP contribution in [0.2, 0.25) is 0 Å². The van der Waals surface area contributed by atoms with Gasteiger partial charge in [-0.2, -0.15) is 0 Å². The topological polar surface area (TPSA) is 0 Å².